The molecule has 0 aliphatic rings. The molecule has 0 fully saturated rings. The molecule has 0 bridgehead atoms. The van der Waals surface area contributed by atoms with Gasteiger partial charge in [-0.15, -0.1) is 0 Å². The van der Waals surface area contributed by atoms with Crippen LogP contribution in [0.25, 0.3) is 11.0 Å². The molecule has 0 atom stereocenters. The average Bonchev–Trinajstić information content (AvgIpc) is 3.09. The maximum Gasteiger partial charge on any atom is 0.375 e. The Morgan fingerprint density at radius 2 is 1.73 bits per heavy atom. The second-order valence-electron chi connectivity index (χ2n) is 6.21. The van der Waals surface area contributed by atoms with Crippen LogP contribution in [0.5, 0.6) is 17.2 Å². The van der Waals surface area contributed by atoms with Crippen LogP contribution in [-0.4, -0.2) is 39.8 Å². The number of furan rings is 1. The summed E-state index contributed by atoms with van der Waals surface area (Å²) in [4.78, 5) is 24.5. The molecule has 0 radical (unpaired) electrons. The minimum atomic E-state index is -0.872. The van der Waals surface area contributed by atoms with Crippen molar-refractivity contribution in [3.63, 3.8) is 0 Å². The third-order valence-corrected chi connectivity index (χ3v) is 4.38. The minimum Gasteiger partial charge on any atom is -0.493 e. The molecule has 1 N–H and O–H groups in total. The summed E-state index contributed by atoms with van der Waals surface area (Å²) in [6.45, 7) is 1.03. The Kier molecular flexibility index (Phi) is 6.10. The van der Waals surface area contributed by atoms with Crippen LogP contribution in [0.3, 0.4) is 0 Å². The van der Waals surface area contributed by atoms with Gasteiger partial charge in [-0.25, -0.2) is 9.18 Å². The summed E-state index contributed by atoms with van der Waals surface area (Å²) in [7, 11) is 4.36. The van der Waals surface area contributed by atoms with Crippen LogP contribution in [0.4, 0.5) is 10.1 Å². The summed E-state index contributed by atoms with van der Waals surface area (Å²) < 4.78 is 39.8. The average molecular weight is 417 g/mol. The zero-order valence-corrected chi connectivity index (χ0v) is 16.8. The van der Waals surface area contributed by atoms with Crippen LogP contribution in [0.2, 0.25) is 0 Å². The van der Waals surface area contributed by atoms with E-state index in [1.54, 1.807) is 13.0 Å². The van der Waals surface area contributed by atoms with Crippen molar-refractivity contribution in [1.29, 1.82) is 0 Å². The molecule has 0 spiro atoms. The smallest absolute Gasteiger partial charge is 0.375 e. The number of ether oxygens (including phenoxy) is 4. The number of rotatable bonds is 7. The van der Waals surface area contributed by atoms with E-state index in [-0.39, 0.29) is 11.3 Å². The Balaban J connectivity index is 1.70. The van der Waals surface area contributed by atoms with Crippen LogP contribution in [-0.2, 0) is 9.53 Å². The van der Waals surface area contributed by atoms with Crippen molar-refractivity contribution in [3.05, 3.63) is 47.5 Å². The largest absolute Gasteiger partial charge is 0.493 e. The van der Waals surface area contributed by atoms with Gasteiger partial charge in [-0.05, 0) is 13.0 Å². The van der Waals surface area contributed by atoms with Crippen molar-refractivity contribution < 1.29 is 37.3 Å². The number of benzene rings is 2. The molecule has 9 heteroatoms. The third-order valence-electron chi connectivity index (χ3n) is 4.38. The third kappa shape index (κ3) is 4.00. The lowest BCUT2D eigenvalue weighted by molar-refractivity contribution is -0.119. The van der Waals surface area contributed by atoms with Crippen molar-refractivity contribution in [2.45, 2.75) is 6.92 Å². The zero-order valence-electron chi connectivity index (χ0n) is 16.8. The number of para-hydroxylation sites is 1. The molecule has 3 rings (SSSR count). The monoisotopic (exact) mass is 417 g/mol. The van der Waals surface area contributed by atoms with Crippen molar-refractivity contribution in [2.24, 2.45) is 0 Å². The molecular weight excluding hydrogens is 397 g/mol. The lowest BCUT2D eigenvalue weighted by Crippen LogP contribution is -2.21. The first-order valence-corrected chi connectivity index (χ1v) is 8.84. The summed E-state index contributed by atoms with van der Waals surface area (Å²) in [5, 5.41) is 3.04. The van der Waals surface area contributed by atoms with Gasteiger partial charge in [0.1, 0.15) is 0 Å². The van der Waals surface area contributed by atoms with Crippen LogP contribution in [0.1, 0.15) is 16.1 Å². The zero-order chi connectivity index (χ0) is 21.8. The van der Waals surface area contributed by atoms with Crippen molar-refractivity contribution in [2.75, 3.05) is 33.3 Å². The number of carbonyl (C=O) groups is 2. The molecule has 2 aromatic carbocycles. The van der Waals surface area contributed by atoms with E-state index in [2.05, 4.69) is 5.32 Å². The summed E-state index contributed by atoms with van der Waals surface area (Å²) in [5.74, 6) is -1.14. The first-order valence-electron chi connectivity index (χ1n) is 8.84. The fourth-order valence-corrected chi connectivity index (χ4v) is 2.95. The number of fused-ring (bicyclic) bond motifs is 1. The Morgan fingerprint density at radius 1 is 1.07 bits per heavy atom. The lowest BCUT2D eigenvalue weighted by Gasteiger charge is -2.14. The molecule has 3 aromatic rings. The Hall–Kier alpha value is -3.75. The van der Waals surface area contributed by atoms with Crippen LogP contribution in [0, 0.1) is 12.7 Å². The van der Waals surface area contributed by atoms with E-state index in [0.29, 0.717) is 33.9 Å². The van der Waals surface area contributed by atoms with Gasteiger partial charge in [0.15, 0.2) is 29.5 Å². The van der Waals surface area contributed by atoms with Crippen molar-refractivity contribution in [3.8, 4) is 17.2 Å². The highest BCUT2D eigenvalue weighted by Crippen LogP contribution is 2.39. The number of methoxy groups -OCH3 is 3. The molecule has 1 aromatic heterocycles. The van der Waals surface area contributed by atoms with Gasteiger partial charge >= 0.3 is 5.97 Å². The summed E-state index contributed by atoms with van der Waals surface area (Å²) in [6, 6.07) is 7.44. The molecule has 1 amide bonds. The summed E-state index contributed by atoms with van der Waals surface area (Å²) in [6.07, 6.45) is 0. The molecule has 0 aliphatic carbocycles. The Bertz CT molecular complexity index is 1080. The van der Waals surface area contributed by atoms with E-state index < -0.39 is 24.3 Å². The van der Waals surface area contributed by atoms with Gasteiger partial charge in [0.2, 0.25) is 11.5 Å². The Morgan fingerprint density at radius 3 is 2.30 bits per heavy atom. The quantitative estimate of drug-likeness (QED) is 0.586. The fraction of sp³-hybridized carbons (Fsp3) is 0.238. The normalized spacial score (nSPS) is 10.6. The lowest BCUT2D eigenvalue weighted by atomic mass is 10.1. The fourth-order valence-electron chi connectivity index (χ4n) is 2.95. The molecular formula is C21H20FNO7. The maximum absolute atomic E-state index is 13.8. The topological polar surface area (TPSA) is 96.2 Å². The van der Waals surface area contributed by atoms with Gasteiger partial charge in [-0.1, -0.05) is 12.1 Å². The van der Waals surface area contributed by atoms with Gasteiger partial charge in [0, 0.05) is 28.8 Å². The van der Waals surface area contributed by atoms with Crippen LogP contribution in [0.15, 0.2) is 34.7 Å². The SMILES string of the molecule is COc1cc(NC(=O)COC(=O)c2oc3c(F)cccc3c2C)cc(OC)c1OC. The highest BCUT2D eigenvalue weighted by Gasteiger charge is 2.22. The highest BCUT2D eigenvalue weighted by atomic mass is 19.1. The molecule has 30 heavy (non-hydrogen) atoms. The van der Waals surface area contributed by atoms with Gasteiger partial charge in [0.25, 0.3) is 5.91 Å². The molecule has 158 valence electrons. The van der Waals surface area contributed by atoms with Gasteiger partial charge in [0.05, 0.1) is 21.3 Å². The molecule has 0 saturated heterocycles. The number of aryl methyl sites for hydroxylation is 1. The number of esters is 1. The summed E-state index contributed by atoms with van der Waals surface area (Å²) in [5.41, 5.74) is 0.746. The number of nitrogens with one attached hydrogen (secondary N) is 1. The highest BCUT2D eigenvalue weighted by molar-refractivity contribution is 5.98. The standard InChI is InChI=1S/C21H20FNO7/c1-11-13-6-5-7-14(22)19(13)30-18(11)21(25)29-10-17(24)23-12-8-15(26-2)20(28-4)16(9-12)27-3/h5-9H,10H2,1-4H3,(H,23,24). The molecule has 1 heterocycles. The van der Waals surface area contributed by atoms with Crippen molar-refractivity contribution >= 4 is 28.5 Å². The van der Waals surface area contributed by atoms with Crippen LogP contribution >= 0.6 is 0 Å². The molecule has 0 saturated carbocycles. The van der Waals surface area contributed by atoms with E-state index >= 15 is 0 Å². The number of hydrogen-bond donors (Lipinski definition) is 1. The van der Waals surface area contributed by atoms with E-state index in [4.69, 9.17) is 23.4 Å². The molecule has 0 unspecified atom stereocenters. The minimum absolute atomic E-state index is 0.0381. The molecule has 0 aliphatic heterocycles. The maximum atomic E-state index is 13.8. The number of carbonyl (C=O) groups excluding carboxylic acids is 2. The number of hydrogen-bond acceptors (Lipinski definition) is 7. The predicted octanol–water partition coefficient (Wildman–Crippen LogP) is 3.70. The Labute approximate surface area is 171 Å². The van der Waals surface area contributed by atoms with E-state index in [9.17, 15) is 14.0 Å². The number of halogens is 1. The van der Waals surface area contributed by atoms with Crippen molar-refractivity contribution in [1.82, 2.24) is 0 Å². The number of amides is 1. The van der Waals surface area contributed by atoms with Gasteiger partial charge < -0.3 is 28.7 Å². The second kappa shape index (κ2) is 8.73. The van der Waals surface area contributed by atoms with E-state index in [1.807, 2.05) is 0 Å². The first-order chi connectivity index (χ1) is 14.4. The van der Waals surface area contributed by atoms with Gasteiger partial charge in [-0.3, -0.25) is 4.79 Å². The first kappa shape index (κ1) is 21.0. The molecule has 8 nitrogen and oxygen atoms in total. The van der Waals surface area contributed by atoms with E-state index in [1.165, 1.54) is 45.6 Å². The summed E-state index contributed by atoms with van der Waals surface area (Å²) >= 11 is 0. The number of anilines is 1. The predicted molar refractivity (Wildman–Crippen MR) is 106 cm³/mol. The second-order valence-corrected chi connectivity index (χ2v) is 6.21. The van der Waals surface area contributed by atoms with Crippen LogP contribution < -0.4 is 19.5 Å². The van der Waals surface area contributed by atoms with E-state index in [0.717, 1.165) is 0 Å². The van der Waals surface area contributed by atoms with Gasteiger partial charge in [-0.2, -0.15) is 0 Å².